The van der Waals surface area contributed by atoms with Crippen molar-refractivity contribution in [3.8, 4) is 11.1 Å². The highest BCUT2D eigenvalue weighted by Crippen LogP contribution is 2.60. The van der Waals surface area contributed by atoms with E-state index in [9.17, 15) is 13.6 Å². The molecule has 0 aliphatic heterocycles. The van der Waals surface area contributed by atoms with Gasteiger partial charge in [0.2, 0.25) is 0 Å². The number of hydrogen-bond acceptors (Lipinski definition) is 2. The van der Waals surface area contributed by atoms with Gasteiger partial charge < -0.3 is 4.74 Å². The molecule has 6 heteroatoms. The van der Waals surface area contributed by atoms with Crippen molar-refractivity contribution in [2.45, 2.75) is 20.5 Å². The molecule has 0 amide bonds. The van der Waals surface area contributed by atoms with Crippen LogP contribution in [-0.4, -0.2) is 5.97 Å². The van der Waals surface area contributed by atoms with E-state index in [1.807, 2.05) is 19.9 Å². The summed E-state index contributed by atoms with van der Waals surface area (Å²) in [6.07, 6.45) is 1.59. The van der Waals surface area contributed by atoms with Crippen molar-refractivity contribution < 1.29 is 18.3 Å². The average molecular weight is 411 g/mol. The van der Waals surface area contributed by atoms with Crippen molar-refractivity contribution in [2.75, 3.05) is 0 Å². The quantitative estimate of drug-likeness (QED) is 0.543. The SMILES string of the molecule is CC1(C)C(C=C(Cl)Cl)C1C(=O)OCc1c(F)ccc(-c2ccccc2)c1F. The molecule has 2 unspecified atom stereocenters. The highest BCUT2D eigenvalue weighted by atomic mass is 35.5. The molecule has 2 atom stereocenters. The van der Waals surface area contributed by atoms with E-state index in [0.717, 1.165) is 0 Å². The lowest BCUT2D eigenvalue weighted by molar-refractivity contribution is -0.147. The van der Waals surface area contributed by atoms with Gasteiger partial charge >= 0.3 is 5.97 Å². The fourth-order valence-corrected chi connectivity index (χ4v) is 3.65. The molecule has 1 aliphatic rings. The van der Waals surface area contributed by atoms with Gasteiger partial charge in [-0.1, -0.05) is 67.4 Å². The Kier molecular flexibility index (Phi) is 5.59. The number of ether oxygens (including phenoxy) is 1. The second-order valence-electron chi connectivity index (χ2n) is 7.14. The monoisotopic (exact) mass is 410 g/mol. The van der Waals surface area contributed by atoms with Crippen LogP contribution in [0.4, 0.5) is 8.78 Å². The van der Waals surface area contributed by atoms with Crippen molar-refractivity contribution in [1.82, 2.24) is 0 Å². The third kappa shape index (κ3) is 4.02. The van der Waals surface area contributed by atoms with E-state index < -0.39 is 30.1 Å². The van der Waals surface area contributed by atoms with Crippen molar-refractivity contribution in [2.24, 2.45) is 17.3 Å². The van der Waals surface area contributed by atoms with Gasteiger partial charge in [-0.05, 0) is 35.1 Å². The molecule has 3 rings (SSSR count). The van der Waals surface area contributed by atoms with Crippen LogP contribution in [0.1, 0.15) is 19.4 Å². The van der Waals surface area contributed by atoms with Gasteiger partial charge in [-0.15, -0.1) is 0 Å². The molecule has 2 aromatic carbocycles. The third-order valence-electron chi connectivity index (χ3n) is 5.10. The smallest absolute Gasteiger partial charge is 0.310 e. The summed E-state index contributed by atoms with van der Waals surface area (Å²) >= 11 is 11.4. The molecule has 1 saturated carbocycles. The zero-order valence-electron chi connectivity index (χ0n) is 14.8. The van der Waals surface area contributed by atoms with Crippen LogP contribution in [0.15, 0.2) is 53.0 Å². The molecule has 2 nitrogen and oxygen atoms in total. The minimum Gasteiger partial charge on any atom is -0.460 e. The number of carbonyl (C=O) groups excluding carboxylic acids is 1. The van der Waals surface area contributed by atoms with Crippen LogP contribution in [0, 0.1) is 28.9 Å². The predicted octanol–water partition coefficient (Wildman–Crippen LogP) is 6.27. The van der Waals surface area contributed by atoms with Gasteiger partial charge in [-0.2, -0.15) is 0 Å². The zero-order valence-corrected chi connectivity index (χ0v) is 16.3. The Labute approximate surface area is 166 Å². The first-order valence-corrected chi connectivity index (χ1v) is 9.21. The minimum absolute atomic E-state index is 0.0797. The number of hydrogen-bond donors (Lipinski definition) is 0. The van der Waals surface area contributed by atoms with Gasteiger partial charge in [0.05, 0.1) is 11.5 Å². The average Bonchev–Trinajstić information content (AvgIpc) is 3.14. The van der Waals surface area contributed by atoms with Crippen LogP contribution >= 0.6 is 23.2 Å². The first-order chi connectivity index (χ1) is 12.7. The first kappa shape index (κ1) is 19.8. The van der Waals surface area contributed by atoms with Gasteiger partial charge in [-0.3, -0.25) is 4.79 Å². The van der Waals surface area contributed by atoms with Crippen LogP contribution in [0.25, 0.3) is 11.1 Å². The lowest BCUT2D eigenvalue weighted by Gasteiger charge is -2.11. The highest BCUT2D eigenvalue weighted by Gasteiger charge is 2.61. The van der Waals surface area contributed by atoms with E-state index in [2.05, 4.69) is 0 Å². The number of esters is 1. The summed E-state index contributed by atoms with van der Waals surface area (Å²) in [5.41, 5.74) is 0.234. The largest absolute Gasteiger partial charge is 0.460 e. The van der Waals surface area contributed by atoms with Crippen LogP contribution in [-0.2, 0) is 16.1 Å². The maximum absolute atomic E-state index is 14.8. The fourth-order valence-electron chi connectivity index (χ4n) is 3.38. The summed E-state index contributed by atoms with van der Waals surface area (Å²) in [6, 6.07) is 11.3. The van der Waals surface area contributed by atoms with E-state index in [0.29, 0.717) is 5.56 Å². The fraction of sp³-hybridized carbons (Fsp3) is 0.286. The van der Waals surface area contributed by atoms with E-state index in [1.165, 1.54) is 12.1 Å². The number of allylic oxidation sites excluding steroid dienone is 1. The maximum Gasteiger partial charge on any atom is 0.310 e. The highest BCUT2D eigenvalue weighted by molar-refractivity contribution is 6.55. The van der Waals surface area contributed by atoms with Gasteiger partial charge in [0.25, 0.3) is 0 Å². The summed E-state index contributed by atoms with van der Waals surface area (Å²) in [7, 11) is 0. The van der Waals surface area contributed by atoms with Crippen molar-refractivity contribution in [1.29, 1.82) is 0 Å². The molecule has 27 heavy (non-hydrogen) atoms. The normalized spacial score (nSPS) is 20.1. The Hall–Kier alpha value is -1.91. The molecule has 142 valence electrons. The Morgan fingerprint density at radius 3 is 2.44 bits per heavy atom. The van der Waals surface area contributed by atoms with E-state index in [-0.39, 0.29) is 27.0 Å². The molecule has 0 aromatic heterocycles. The van der Waals surface area contributed by atoms with Crippen LogP contribution in [0.2, 0.25) is 0 Å². The summed E-state index contributed by atoms with van der Waals surface area (Å²) < 4.78 is 34.2. The molecule has 0 N–H and O–H groups in total. The Bertz CT molecular complexity index is 891. The summed E-state index contributed by atoms with van der Waals surface area (Å²) in [4.78, 5) is 12.4. The summed E-state index contributed by atoms with van der Waals surface area (Å²) in [5.74, 6) is -2.63. The van der Waals surface area contributed by atoms with Gasteiger partial charge in [0, 0.05) is 5.56 Å². The van der Waals surface area contributed by atoms with Crippen LogP contribution in [0.3, 0.4) is 0 Å². The second-order valence-corrected chi connectivity index (χ2v) is 8.15. The molecular weight excluding hydrogens is 393 g/mol. The van der Waals surface area contributed by atoms with E-state index in [1.54, 1.807) is 30.3 Å². The molecule has 1 aliphatic carbocycles. The van der Waals surface area contributed by atoms with Crippen molar-refractivity contribution in [3.05, 3.63) is 70.2 Å². The second kappa shape index (κ2) is 7.61. The van der Waals surface area contributed by atoms with Crippen LogP contribution in [0.5, 0.6) is 0 Å². The molecule has 0 bridgehead atoms. The summed E-state index contributed by atoms with van der Waals surface area (Å²) in [6.45, 7) is 3.29. The topological polar surface area (TPSA) is 26.3 Å². The molecule has 0 saturated heterocycles. The zero-order chi connectivity index (χ0) is 19.8. The predicted molar refractivity (Wildman–Crippen MR) is 102 cm³/mol. The Morgan fingerprint density at radius 1 is 1.15 bits per heavy atom. The number of rotatable bonds is 5. The minimum atomic E-state index is -0.754. The molecule has 0 radical (unpaired) electrons. The number of benzene rings is 2. The van der Waals surface area contributed by atoms with Gasteiger partial charge in [0.15, 0.2) is 0 Å². The van der Waals surface area contributed by atoms with Crippen molar-refractivity contribution in [3.63, 3.8) is 0 Å². The third-order valence-corrected chi connectivity index (χ3v) is 5.35. The molecule has 2 aromatic rings. The number of carbonyl (C=O) groups is 1. The van der Waals surface area contributed by atoms with E-state index in [4.69, 9.17) is 27.9 Å². The van der Waals surface area contributed by atoms with Crippen LogP contribution < -0.4 is 0 Å². The Balaban J connectivity index is 1.77. The lowest BCUT2D eigenvalue weighted by atomic mass is 10.0. The maximum atomic E-state index is 14.8. The Morgan fingerprint density at radius 2 is 1.81 bits per heavy atom. The molecule has 0 spiro atoms. The van der Waals surface area contributed by atoms with Gasteiger partial charge in [-0.25, -0.2) is 8.78 Å². The first-order valence-electron chi connectivity index (χ1n) is 8.45. The van der Waals surface area contributed by atoms with E-state index >= 15 is 0 Å². The standard InChI is InChI=1S/C21H18Cl2F2O2/c1-21(2)15(10-17(22)23)18(21)20(26)27-11-14-16(24)9-8-13(19(14)25)12-6-4-3-5-7-12/h3-10,15,18H,11H2,1-2H3. The summed E-state index contributed by atoms with van der Waals surface area (Å²) in [5, 5.41) is 0. The van der Waals surface area contributed by atoms with Crippen molar-refractivity contribution >= 4 is 29.2 Å². The molecule has 0 heterocycles. The van der Waals surface area contributed by atoms with Gasteiger partial charge in [0.1, 0.15) is 22.7 Å². The molecule has 1 fully saturated rings. The number of halogens is 4. The molecular formula is C21H18Cl2F2O2. The lowest BCUT2D eigenvalue weighted by Crippen LogP contribution is -2.12.